The molecule has 0 saturated carbocycles. The van der Waals surface area contributed by atoms with Crippen LogP contribution < -0.4 is 4.90 Å². The fourth-order valence-electron chi connectivity index (χ4n) is 2.71. The average molecular weight is 412 g/mol. The third-order valence-corrected chi connectivity index (χ3v) is 5.27. The number of esters is 1. The SMILES string of the molecule is COC(=O)CCN1CCc2cc(Cl)ccc21.Cc1ccc(S(=O)(=O)O)cc1. The predicted molar refractivity (Wildman–Crippen MR) is 105 cm³/mol. The van der Waals surface area contributed by atoms with Crippen LogP contribution in [0.4, 0.5) is 5.69 Å². The van der Waals surface area contributed by atoms with Gasteiger partial charge in [0, 0.05) is 23.8 Å². The molecule has 0 spiro atoms. The zero-order valence-electron chi connectivity index (χ0n) is 15.2. The molecule has 3 rings (SSSR count). The van der Waals surface area contributed by atoms with Gasteiger partial charge in [-0.2, -0.15) is 8.42 Å². The number of fused-ring (bicyclic) bond motifs is 1. The summed E-state index contributed by atoms with van der Waals surface area (Å²) in [6.07, 6.45) is 1.43. The van der Waals surface area contributed by atoms with Crippen molar-refractivity contribution in [3.63, 3.8) is 0 Å². The minimum Gasteiger partial charge on any atom is -0.469 e. The molecule has 0 amide bonds. The van der Waals surface area contributed by atoms with E-state index in [0.717, 1.165) is 23.6 Å². The van der Waals surface area contributed by atoms with E-state index in [-0.39, 0.29) is 10.9 Å². The number of ether oxygens (including phenoxy) is 1. The molecule has 1 aliphatic heterocycles. The van der Waals surface area contributed by atoms with Gasteiger partial charge in [0.15, 0.2) is 0 Å². The van der Waals surface area contributed by atoms with Gasteiger partial charge in [0.25, 0.3) is 10.1 Å². The van der Waals surface area contributed by atoms with E-state index in [1.165, 1.54) is 30.5 Å². The van der Waals surface area contributed by atoms with Crippen LogP contribution in [0.3, 0.4) is 0 Å². The molecule has 8 heteroatoms. The molecule has 1 heterocycles. The zero-order chi connectivity index (χ0) is 20.0. The number of halogens is 1. The van der Waals surface area contributed by atoms with Gasteiger partial charge in [0.2, 0.25) is 0 Å². The Morgan fingerprint density at radius 2 is 1.89 bits per heavy atom. The van der Waals surface area contributed by atoms with Crippen molar-refractivity contribution < 1.29 is 22.5 Å². The average Bonchev–Trinajstić information content (AvgIpc) is 3.01. The summed E-state index contributed by atoms with van der Waals surface area (Å²) < 4.78 is 34.2. The van der Waals surface area contributed by atoms with Crippen LogP contribution in [0.5, 0.6) is 0 Å². The minimum atomic E-state index is -4.02. The molecule has 1 N–H and O–H groups in total. The minimum absolute atomic E-state index is 0.0666. The highest BCUT2D eigenvalue weighted by molar-refractivity contribution is 7.85. The molecular weight excluding hydrogens is 390 g/mol. The largest absolute Gasteiger partial charge is 0.469 e. The summed E-state index contributed by atoms with van der Waals surface area (Å²) >= 11 is 5.93. The van der Waals surface area contributed by atoms with Crippen LogP contribution >= 0.6 is 11.6 Å². The number of hydrogen-bond donors (Lipinski definition) is 1. The Hall–Kier alpha value is -2.09. The number of nitrogens with zero attached hydrogens (tertiary/aromatic N) is 1. The molecular formula is C19H22ClNO5S. The topological polar surface area (TPSA) is 83.9 Å². The van der Waals surface area contributed by atoms with Crippen molar-refractivity contribution in [2.45, 2.75) is 24.7 Å². The van der Waals surface area contributed by atoms with Crippen molar-refractivity contribution >= 4 is 33.4 Å². The van der Waals surface area contributed by atoms with E-state index in [2.05, 4.69) is 9.64 Å². The molecule has 2 aromatic rings. The molecule has 146 valence electrons. The first-order valence-corrected chi connectivity index (χ1v) is 10.2. The third kappa shape index (κ3) is 6.23. The van der Waals surface area contributed by atoms with Gasteiger partial charge < -0.3 is 9.64 Å². The van der Waals surface area contributed by atoms with E-state index in [4.69, 9.17) is 16.2 Å². The van der Waals surface area contributed by atoms with E-state index in [9.17, 15) is 13.2 Å². The van der Waals surface area contributed by atoms with Crippen LogP contribution in [0.15, 0.2) is 47.4 Å². The first-order chi connectivity index (χ1) is 12.7. The number of anilines is 1. The van der Waals surface area contributed by atoms with Gasteiger partial charge in [0.1, 0.15) is 0 Å². The standard InChI is InChI=1S/C12H14ClNO2.C7H8O3S/c1-16-12(15)5-7-14-6-4-9-8-10(13)2-3-11(9)14;1-6-2-4-7(5-3-6)11(8,9)10/h2-3,8H,4-7H2,1H3;2-5H,1H3,(H,8,9,10). The number of benzene rings is 2. The van der Waals surface area contributed by atoms with Crippen LogP contribution in [0.2, 0.25) is 5.02 Å². The number of carbonyl (C=O) groups excluding carboxylic acids is 1. The molecule has 0 aliphatic carbocycles. The molecule has 0 aromatic heterocycles. The first-order valence-electron chi connectivity index (χ1n) is 8.35. The Morgan fingerprint density at radius 3 is 2.48 bits per heavy atom. The second-order valence-corrected chi connectivity index (χ2v) is 7.98. The summed E-state index contributed by atoms with van der Waals surface area (Å²) in [7, 11) is -2.60. The zero-order valence-corrected chi connectivity index (χ0v) is 16.8. The van der Waals surface area contributed by atoms with Gasteiger partial charge in [-0.05, 0) is 49.2 Å². The quantitative estimate of drug-likeness (QED) is 0.612. The monoisotopic (exact) mass is 411 g/mol. The third-order valence-electron chi connectivity index (χ3n) is 4.17. The van der Waals surface area contributed by atoms with Crippen LogP contribution in [-0.2, 0) is 26.1 Å². The summed E-state index contributed by atoms with van der Waals surface area (Å²) in [5, 5.41) is 0.772. The highest BCUT2D eigenvalue weighted by Crippen LogP contribution is 2.30. The maximum absolute atomic E-state index is 11.1. The van der Waals surface area contributed by atoms with Gasteiger partial charge in [-0.25, -0.2) is 0 Å². The van der Waals surface area contributed by atoms with Crippen molar-refractivity contribution in [1.82, 2.24) is 0 Å². The maximum atomic E-state index is 11.1. The summed E-state index contributed by atoms with van der Waals surface area (Å²) in [5.74, 6) is -0.164. The summed E-state index contributed by atoms with van der Waals surface area (Å²) in [6, 6.07) is 11.9. The highest BCUT2D eigenvalue weighted by Gasteiger charge is 2.19. The van der Waals surface area contributed by atoms with E-state index >= 15 is 0 Å². The number of aryl methyl sites for hydroxylation is 1. The van der Waals surface area contributed by atoms with Crippen molar-refractivity contribution in [2.24, 2.45) is 0 Å². The molecule has 0 radical (unpaired) electrons. The molecule has 0 atom stereocenters. The Morgan fingerprint density at radius 1 is 1.22 bits per heavy atom. The van der Waals surface area contributed by atoms with Crippen LogP contribution in [-0.4, -0.2) is 39.1 Å². The van der Waals surface area contributed by atoms with Crippen LogP contribution in [0.1, 0.15) is 17.5 Å². The van der Waals surface area contributed by atoms with Crippen molar-refractivity contribution in [3.05, 3.63) is 58.6 Å². The lowest BCUT2D eigenvalue weighted by molar-refractivity contribution is -0.140. The summed E-state index contributed by atoms with van der Waals surface area (Å²) in [4.78, 5) is 13.2. The van der Waals surface area contributed by atoms with E-state index in [1.54, 1.807) is 12.1 Å². The fourth-order valence-corrected chi connectivity index (χ4v) is 3.38. The molecule has 27 heavy (non-hydrogen) atoms. The number of methoxy groups -OCH3 is 1. The van der Waals surface area contributed by atoms with Crippen molar-refractivity contribution in [3.8, 4) is 0 Å². The van der Waals surface area contributed by atoms with Crippen LogP contribution in [0, 0.1) is 6.92 Å². The molecule has 0 fully saturated rings. The number of hydrogen-bond acceptors (Lipinski definition) is 5. The Labute approximate surface area is 164 Å². The molecule has 1 aliphatic rings. The fraction of sp³-hybridized carbons (Fsp3) is 0.316. The van der Waals surface area contributed by atoms with Gasteiger partial charge >= 0.3 is 5.97 Å². The molecule has 6 nitrogen and oxygen atoms in total. The second-order valence-electron chi connectivity index (χ2n) is 6.12. The van der Waals surface area contributed by atoms with Gasteiger partial charge in [-0.15, -0.1) is 0 Å². The van der Waals surface area contributed by atoms with Gasteiger partial charge in [0.05, 0.1) is 18.4 Å². The lowest BCUT2D eigenvalue weighted by atomic mass is 10.2. The molecule has 0 unspecified atom stereocenters. The van der Waals surface area contributed by atoms with E-state index in [0.29, 0.717) is 13.0 Å². The summed E-state index contributed by atoms with van der Waals surface area (Å²) in [6.45, 7) is 3.50. The highest BCUT2D eigenvalue weighted by atomic mass is 35.5. The first kappa shape index (κ1) is 21.2. The normalized spacial score (nSPS) is 12.8. The van der Waals surface area contributed by atoms with Crippen LogP contribution in [0.25, 0.3) is 0 Å². The maximum Gasteiger partial charge on any atom is 0.307 e. The molecule has 2 aromatic carbocycles. The predicted octanol–water partition coefficient (Wildman–Crippen LogP) is 3.51. The van der Waals surface area contributed by atoms with Crippen molar-refractivity contribution in [1.29, 1.82) is 0 Å². The lowest BCUT2D eigenvalue weighted by Crippen LogP contribution is -2.24. The molecule has 0 bridgehead atoms. The number of rotatable bonds is 4. The van der Waals surface area contributed by atoms with Crippen molar-refractivity contribution in [2.75, 3.05) is 25.1 Å². The van der Waals surface area contributed by atoms with E-state index < -0.39 is 10.1 Å². The number of carbonyl (C=O) groups is 1. The Balaban J connectivity index is 0.000000208. The lowest BCUT2D eigenvalue weighted by Gasteiger charge is -2.18. The molecule has 0 saturated heterocycles. The van der Waals surface area contributed by atoms with E-state index in [1.807, 2.05) is 25.1 Å². The van der Waals surface area contributed by atoms with Gasteiger partial charge in [-0.1, -0.05) is 29.3 Å². The Bertz CT molecular complexity index is 897. The van der Waals surface area contributed by atoms with Gasteiger partial charge in [-0.3, -0.25) is 9.35 Å². The smallest absolute Gasteiger partial charge is 0.307 e. The Kier molecular flexibility index (Phi) is 7.24. The second kappa shape index (κ2) is 9.21. The summed E-state index contributed by atoms with van der Waals surface area (Å²) in [5.41, 5.74) is 3.41.